The molecule has 2 atom stereocenters. The molecule has 5 nitrogen and oxygen atoms in total. The molecule has 2 amide bonds. The van der Waals surface area contributed by atoms with E-state index in [1.54, 1.807) is 0 Å². The number of hydrogen-bond acceptors (Lipinski definition) is 2. The summed E-state index contributed by atoms with van der Waals surface area (Å²) in [6.45, 7) is 3.80. The molecular weight excluding hydrogens is 304 g/mol. The minimum Gasteiger partial charge on any atom is -0.481 e. The van der Waals surface area contributed by atoms with Crippen molar-refractivity contribution in [2.75, 3.05) is 13.1 Å². The smallest absolute Gasteiger partial charge is 0.317 e. The fourth-order valence-corrected chi connectivity index (χ4v) is 3.15. The first-order valence-corrected chi connectivity index (χ1v) is 8.85. The van der Waals surface area contributed by atoms with Gasteiger partial charge in [-0.1, -0.05) is 37.3 Å². The average molecular weight is 332 g/mol. The predicted molar refractivity (Wildman–Crippen MR) is 93.9 cm³/mol. The van der Waals surface area contributed by atoms with Crippen molar-refractivity contribution < 1.29 is 14.7 Å². The van der Waals surface area contributed by atoms with Gasteiger partial charge >= 0.3 is 12.0 Å². The Balaban J connectivity index is 1.95. The molecule has 1 aromatic carbocycles. The molecule has 0 radical (unpaired) electrons. The molecule has 2 N–H and O–H groups in total. The van der Waals surface area contributed by atoms with Crippen LogP contribution in [-0.4, -0.2) is 41.1 Å². The van der Waals surface area contributed by atoms with E-state index < -0.39 is 5.97 Å². The number of urea groups is 1. The van der Waals surface area contributed by atoms with E-state index in [4.69, 9.17) is 5.11 Å². The molecule has 0 aromatic heterocycles. The van der Waals surface area contributed by atoms with Gasteiger partial charge in [0.25, 0.3) is 0 Å². The Labute approximate surface area is 144 Å². The highest BCUT2D eigenvalue weighted by Crippen LogP contribution is 2.17. The summed E-state index contributed by atoms with van der Waals surface area (Å²) >= 11 is 0. The normalized spacial score (nSPS) is 19.4. The van der Waals surface area contributed by atoms with Crippen LogP contribution < -0.4 is 5.32 Å². The maximum Gasteiger partial charge on any atom is 0.317 e. The van der Waals surface area contributed by atoms with Crippen LogP contribution in [0, 0.1) is 5.92 Å². The number of rotatable bonds is 6. The van der Waals surface area contributed by atoms with Gasteiger partial charge in [0.2, 0.25) is 0 Å². The van der Waals surface area contributed by atoms with Gasteiger partial charge in [0.15, 0.2) is 0 Å². The number of carbonyl (C=O) groups excluding carboxylic acids is 1. The van der Waals surface area contributed by atoms with Crippen LogP contribution in [0.15, 0.2) is 30.3 Å². The highest BCUT2D eigenvalue weighted by Gasteiger charge is 2.21. The number of hydrogen-bond donors (Lipinski definition) is 2. The first kappa shape index (κ1) is 18.3. The predicted octanol–water partition coefficient (Wildman–Crippen LogP) is 3.29. The molecule has 1 fully saturated rings. The van der Waals surface area contributed by atoms with E-state index in [1.807, 2.05) is 35.2 Å². The second-order valence-electron chi connectivity index (χ2n) is 6.79. The molecule has 1 aliphatic rings. The van der Waals surface area contributed by atoms with Crippen LogP contribution in [0.4, 0.5) is 4.79 Å². The summed E-state index contributed by atoms with van der Waals surface area (Å²) in [4.78, 5) is 25.3. The van der Waals surface area contributed by atoms with Crippen molar-refractivity contribution in [3.05, 3.63) is 35.9 Å². The number of carbonyl (C=O) groups is 2. The van der Waals surface area contributed by atoms with E-state index in [-0.39, 0.29) is 18.5 Å². The van der Waals surface area contributed by atoms with Crippen LogP contribution in [0.2, 0.25) is 0 Å². The van der Waals surface area contributed by atoms with E-state index in [1.165, 1.54) is 0 Å². The molecule has 0 saturated carbocycles. The van der Waals surface area contributed by atoms with Gasteiger partial charge in [-0.05, 0) is 43.6 Å². The molecule has 1 heterocycles. The summed E-state index contributed by atoms with van der Waals surface area (Å²) in [5.74, 6) is -0.166. The third-order valence-corrected chi connectivity index (χ3v) is 4.66. The maximum absolute atomic E-state index is 12.6. The molecule has 5 heteroatoms. The molecule has 1 aliphatic heterocycles. The van der Waals surface area contributed by atoms with Crippen molar-refractivity contribution in [1.29, 1.82) is 0 Å². The molecule has 132 valence electrons. The number of nitrogens with zero attached hydrogens (tertiary/aromatic N) is 1. The summed E-state index contributed by atoms with van der Waals surface area (Å²) in [5, 5.41) is 12.0. The lowest BCUT2D eigenvalue weighted by Crippen LogP contribution is -2.46. The Bertz CT molecular complexity index is 533. The molecule has 2 rings (SSSR count). The monoisotopic (exact) mass is 332 g/mol. The van der Waals surface area contributed by atoms with E-state index in [2.05, 4.69) is 12.2 Å². The second-order valence-corrected chi connectivity index (χ2v) is 6.79. The molecular formula is C19H28N2O3. The van der Waals surface area contributed by atoms with Gasteiger partial charge in [-0.3, -0.25) is 4.79 Å². The molecule has 0 bridgehead atoms. The number of amides is 2. The van der Waals surface area contributed by atoms with Gasteiger partial charge in [0.05, 0.1) is 0 Å². The van der Waals surface area contributed by atoms with Crippen molar-refractivity contribution in [3.8, 4) is 0 Å². The number of benzene rings is 1. The first-order valence-electron chi connectivity index (χ1n) is 8.85. The third-order valence-electron chi connectivity index (χ3n) is 4.66. The van der Waals surface area contributed by atoms with Gasteiger partial charge in [-0.25, -0.2) is 4.79 Å². The zero-order valence-corrected chi connectivity index (χ0v) is 14.4. The lowest BCUT2D eigenvalue weighted by molar-refractivity contribution is -0.137. The molecule has 0 spiro atoms. The summed E-state index contributed by atoms with van der Waals surface area (Å²) in [5.41, 5.74) is 1.11. The standard InChI is InChI=1S/C19H28N2O3/c1-15-6-5-12-21(13-11-15)19(24)20-17(9-10-18(22)23)14-16-7-3-2-4-8-16/h2-4,7-8,15,17H,5-6,9-14H2,1H3,(H,20,24)(H,22,23). The Hall–Kier alpha value is -2.04. The van der Waals surface area contributed by atoms with Crippen molar-refractivity contribution in [2.24, 2.45) is 5.92 Å². The summed E-state index contributed by atoms with van der Waals surface area (Å²) < 4.78 is 0. The molecule has 2 unspecified atom stereocenters. The first-order chi connectivity index (χ1) is 11.5. The molecule has 1 aromatic rings. The summed E-state index contributed by atoms with van der Waals surface area (Å²) in [6.07, 6.45) is 4.40. The highest BCUT2D eigenvalue weighted by atomic mass is 16.4. The maximum atomic E-state index is 12.6. The highest BCUT2D eigenvalue weighted by molar-refractivity contribution is 5.74. The number of likely N-dealkylation sites (tertiary alicyclic amines) is 1. The van der Waals surface area contributed by atoms with Crippen LogP contribution >= 0.6 is 0 Å². The quantitative estimate of drug-likeness (QED) is 0.840. The van der Waals surface area contributed by atoms with E-state index in [9.17, 15) is 9.59 Å². The minimum atomic E-state index is -0.828. The number of nitrogens with one attached hydrogen (secondary N) is 1. The van der Waals surface area contributed by atoms with Crippen molar-refractivity contribution in [1.82, 2.24) is 10.2 Å². The average Bonchev–Trinajstić information content (AvgIpc) is 2.78. The fourth-order valence-electron chi connectivity index (χ4n) is 3.15. The van der Waals surface area contributed by atoms with Crippen LogP contribution in [0.5, 0.6) is 0 Å². The van der Waals surface area contributed by atoms with Crippen molar-refractivity contribution in [2.45, 2.75) is 51.5 Å². The van der Waals surface area contributed by atoms with Crippen LogP contribution in [0.1, 0.15) is 44.6 Å². The largest absolute Gasteiger partial charge is 0.481 e. The van der Waals surface area contributed by atoms with Crippen LogP contribution in [0.3, 0.4) is 0 Å². The molecule has 24 heavy (non-hydrogen) atoms. The summed E-state index contributed by atoms with van der Waals surface area (Å²) in [7, 11) is 0. The van der Waals surface area contributed by atoms with Gasteiger partial charge in [0, 0.05) is 25.6 Å². The van der Waals surface area contributed by atoms with E-state index >= 15 is 0 Å². The van der Waals surface area contributed by atoms with E-state index in [0.29, 0.717) is 18.8 Å². The van der Waals surface area contributed by atoms with Gasteiger partial charge in [-0.15, -0.1) is 0 Å². The van der Waals surface area contributed by atoms with Crippen LogP contribution in [0.25, 0.3) is 0 Å². The lowest BCUT2D eigenvalue weighted by Gasteiger charge is -2.25. The summed E-state index contributed by atoms with van der Waals surface area (Å²) in [6, 6.07) is 9.67. The number of carboxylic acid groups (broad SMARTS) is 1. The van der Waals surface area contributed by atoms with Crippen molar-refractivity contribution >= 4 is 12.0 Å². The number of aliphatic carboxylic acids is 1. The topological polar surface area (TPSA) is 69.6 Å². The fraction of sp³-hybridized carbons (Fsp3) is 0.579. The molecule has 1 saturated heterocycles. The Kier molecular flexibility index (Phi) is 7.09. The second kappa shape index (κ2) is 9.30. The van der Waals surface area contributed by atoms with Crippen LogP contribution in [-0.2, 0) is 11.2 Å². The lowest BCUT2D eigenvalue weighted by atomic mass is 10.0. The van der Waals surface area contributed by atoms with Gasteiger partial charge in [0.1, 0.15) is 0 Å². The zero-order valence-electron chi connectivity index (χ0n) is 14.4. The Morgan fingerprint density at radius 2 is 2.00 bits per heavy atom. The Morgan fingerprint density at radius 1 is 1.25 bits per heavy atom. The molecule has 0 aliphatic carbocycles. The van der Waals surface area contributed by atoms with Gasteiger partial charge < -0.3 is 15.3 Å². The SMILES string of the molecule is CC1CCCN(C(=O)NC(CCC(=O)O)Cc2ccccc2)CC1. The van der Waals surface area contributed by atoms with Gasteiger partial charge in [-0.2, -0.15) is 0 Å². The minimum absolute atomic E-state index is 0.0598. The number of carboxylic acids is 1. The van der Waals surface area contributed by atoms with Crippen molar-refractivity contribution in [3.63, 3.8) is 0 Å². The Morgan fingerprint density at radius 3 is 2.71 bits per heavy atom. The van der Waals surface area contributed by atoms with E-state index in [0.717, 1.165) is 37.9 Å². The third kappa shape index (κ3) is 6.22. The zero-order chi connectivity index (χ0) is 17.4.